The van der Waals surface area contributed by atoms with Crippen LogP contribution in [0.1, 0.15) is 18.5 Å². The van der Waals surface area contributed by atoms with Gasteiger partial charge in [0.2, 0.25) is 5.91 Å². The van der Waals surface area contributed by atoms with Crippen LogP contribution in [0.2, 0.25) is 0 Å². The molecule has 1 saturated heterocycles. The Bertz CT molecular complexity index is 423. The number of carbonyl (C=O) groups is 1. The van der Waals surface area contributed by atoms with Gasteiger partial charge in [-0.15, -0.1) is 0 Å². The summed E-state index contributed by atoms with van der Waals surface area (Å²) in [6.45, 7) is 1.60. The molecule has 1 amide bonds. The fourth-order valence-electron chi connectivity index (χ4n) is 2.34. The summed E-state index contributed by atoms with van der Waals surface area (Å²) in [5, 5.41) is 2.71. The summed E-state index contributed by atoms with van der Waals surface area (Å²) in [6.07, 6.45) is 1.96. The number of nitrogen functional groups attached to an aromatic ring is 1. The molecule has 1 aliphatic heterocycles. The number of nitrogens with one attached hydrogen (secondary N) is 2. The van der Waals surface area contributed by atoms with Crippen LogP contribution in [-0.2, 0) is 11.3 Å². The highest BCUT2D eigenvalue weighted by atomic mass is 16.2. The van der Waals surface area contributed by atoms with E-state index >= 15 is 0 Å². The van der Waals surface area contributed by atoms with Gasteiger partial charge in [0.25, 0.3) is 0 Å². The molecule has 18 heavy (non-hydrogen) atoms. The summed E-state index contributed by atoms with van der Waals surface area (Å²) >= 11 is 0. The zero-order valence-corrected chi connectivity index (χ0v) is 10.5. The van der Waals surface area contributed by atoms with Gasteiger partial charge >= 0.3 is 0 Å². The summed E-state index contributed by atoms with van der Waals surface area (Å²) in [7, 11) is 1.68. The highest BCUT2D eigenvalue weighted by Gasteiger charge is 2.29. The zero-order valence-electron chi connectivity index (χ0n) is 10.5. The van der Waals surface area contributed by atoms with Crippen LogP contribution < -0.4 is 16.6 Å². The summed E-state index contributed by atoms with van der Waals surface area (Å²) < 4.78 is 0. The van der Waals surface area contributed by atoms with Gasteiger partial charge in [-0.3, -0.25) is 9.69 Å². The van der Waals surface area contributed by atoms with Gasteiger partial charge in [0, 0.05) is 13.6 Å². The van der Waals surface area contributed by atoms with E-state index in [9.17, 15) is 4.79 Å². The van der Waals surface area contributed by atoms with E-state index in [-0.39, 0.29) is 11.9 Å². The molecule has 1 aliphatic rings. The number of carbonyl (C=O) groups excluding carboxylic acids is 1. The Morgan fingerprint density at radius 2 is 2.44 bits per heavy atom. The predicted molar refractivity (Wildman–Crippen MR) is 69.5 cm³/mol. The average Bonchev–Trinajstić information content (AvgIpc) is 2.86. The molecule has 0 saturated carbocycles. The minimum atomic E-state index is -0.0358. The fraction of sp³-hybridized carbons (Fsp3) is 0.500. The number of likely N-dealkylation sites (tertiary alicyclic amines) is 1. The second kappa shape index (κ2) is 5.79. The van der Waals surface area contributed by atoms with E-state index in [1.54, 1.807) is 7.05 Å². The van der Waals surface area contributed by atoms with Crippen LogP contribution in [0.15, 0.2) is 18.2 Å². The number of nitrogens with zero attached hydrogens (tertiary/aromatic N) is 2. The minimum Gasteiger partial charge on any atom is -0.358 e. The smallest absolute Gasteiger partial charge is 0.237 e. The van der Waals surface area contributed by atoms with E-state index in [0.717, 1.165) is 25.1 Å². The molecular formula is C12H19N5O. The molecule has 0 aromatic carbocycles. The summed E-state index contributed by atoms with van der Waals surface area (Å²) in [5.74, 6) is 6.06. The number of rotatable bonds is 4. The third-order valence-electron chi connectivity index (χ3n) is 3.23. The lowest BCUT2D eigenvalue weighted by molar-refractivity contribution is -0.125. The van der Waals surface area contributed by atoms with Gasteiger partial charge in [0.1, 0.15) is 5.82 Å². The molecule has 0 aliphatic carbocycles. The monoisotopic (exact) mass is 249 g/mol. The number of amides is 1. The largest absolute Gasteiger partial charge is 0.358 e. The van der Waals surface area contributed by atoms with Crippen molar-refractivity contribution >= 4 is 11.7 Å². The number of pyridine rings is 1. The van der Waals surface area contributed by atoms with Gasteiger partial charge in [-0.25, -0.2) is 10.8 Å². The maximum Gasteiger partial charge on any atom is 0.237 e. The molecule has 2 heterocycles. The number of hydrogen-bond acceptors (Lipinski definition) is 5. The number of nitrogens with two attached hydrogens (primary N) is 1. The Morgan fingerprint density at radius 1 is 1.61 bits per heavy atom. The van der Waals surface area contributed by atoms with E-state index < -0.39 is 0 Å². The van der Waals surface area contributed by atoms with Gasteiger partial charge in [-0.1, -0.05) is 6.07 Å². The first kappa shape index (κ1) is 12.8. The van der Waals surface area contributed by atoms with Crippen LogP contribution in [0.5, 0.6) is 0 Å². The number of hydrazine groups is 1. The molecule has 1 aromatic rings. The Labute approximate surface area is 107 Å². The van der Waals surface area contributed by atoms with Crippen LogP contribution in [0, 0.1) is 0 Å². The quantitative estimate of drug-likeness (QED) is 0.520. The van der Waals surface area contributed by atoms with Gasteiger partial charge in [-0.05, 0) is 31.5 Å². The molecule has 4 N–H and O–H groups in total. The first-order chi connectivity index (χ1) is 8.74. The molecule has 2 rings (SSSR count). The normalized spacial score (nSPS) is 19.8. The molecule has 1 fully saturated rings. The number of likely N-dealkylation sites (N-methyl/N-ethyl adjacent to an activating group) is 1. The van der Waals surface area contributed by atoms with Crippen molar-refractivity contribution in [2.24, 2.45) is 5.84 Å². The van der Waals surface area contributed by atoms with Crippen LogP contribution in [-0.4, -0.2) is 35.4 Å². The lowest BCUT2D eigenvalue weighted by Crippen LogP contribution is -2.41. The van der Waals surface area contributed by atoms with Gasteiger partial charge in [0.15, 0.2) is 0 Å². The fourth-order valence-corrected chi connectivity index (χ4v) is 2.34. The van der Waals surface area contributed by atoms with Gasteiger partial charge in [-0.2, -0.15) is 0 Å². The molecule has 1 unspecified atom stereocenters. The Balaban J connectivity index is 2.05. The van der Waals surface area contributed by atoms with E-state index in [4.69, 9.17) is 5.84 Å². The maximum atomic E-state index is 11.7. The molecule has 6 heteroatoms. The van der Waals surface area contributed by atoms with E-state index in [0.29, 0.717) is 12.4 Å². The molecule has 1 aromatic heterocycles. The summed E-state index contributed by atoms with van der Waals surface area (Å²) in [4.78, 5) is 18.3. The highest BCUT2D eigenvalue weighted by Crippen LogP contribution is 2.19. The lowest BCUT2D eigenvalue weighted by Gasteiger charge is -2.22. The van der Waals surface area contributed by atoms with Crippen molar-refractivity contribution in [2.75, 3.05) is 19.0 Å². The van der Waals surface area contributed by atoms with Crippen molar-refractivity contribution < 1.29 is 4.79 Å². The topological polar surface area (TPSA) is 83.3 Å². The molecule has 0 bridgehead atoms. The van der Waals surface area contributed by atoms with Crippen LogP contribution >= 0.6 is 0 Å². The SMILES string of the molecule is CNC(=O)C1CCCN1Cc1cccc(NN)n1. The first-order valence-electron chi connectivity index (χ1n) is 6.13. The third-order valence-corrected chi connectivity index (χ3v) is 3.23. The van der Waals surface area contributed by atoms with Crippen LogP contribution in [0.25, 0.3) is 0 Å². The molecule has 98 valence electrons. The summed E-state index contributed by atoms with van der Waals surface area (Å²) in [5.41, 5.74) is 3.45. The van der Waals surface area contributed by atoms with Crippen molar-refractivity contribution in [2.45, 2.75) is 25.4 Å². The van der Waals surface area contributed by atoms with Crippen molar-refractivity contribution in [1.82, 2.24) is 15.2 Å². The Hall–Kier alpha value is -1.66. The maximum absolute atomic E-state index is 11.7. The van der Waals surface area contributed by atoms with Crippen molar-refractivity contribution in [3.63, 3.8) is 0 Å². The second-order valence-electron chi connectivity index (χ2n) is 4.40. The Morgan fingerprint density at radius 3 is 3.17 bits per heavy atom. The average molecular weight is 249 g/mol. The van der Waals surface area contributed by atoms with E-state index in [1.165, 1.54) is 0 Å². The van der Waals surface area contributed by atoms with Crippen molar-refractivity contribution in [3.05, 3.63) is 23.9 Å². The van der Waals surface area contributed by atoms with E-state index in [2.05, 4.69) is 20.6 Å². The molecule has 6 nitrogen and oxygen atoms in total. The molecule has 0 spiro atoms. The van der Waals surface area contributed by atoms with Crippen LogP contribution in [0.3, 0.4) is 0 Å². The van der Waals surface area contributed by atoms with Gasteiger partial charge < -0.3 is 10.7 Å². The Kier molecular flexibility index (Phi) is 4.11. The summed E-state index contributed by atoms with van der Waals surface area (Å²) in [6, 6.07) is 5.62. The highest BCUT2D eigenvalue weighted by molar-refractivity contribution is 5.81. The molecular weight excluding hydrogens is 230 g/mol. The van der Waals surface area contributed by atoms with Crippen LogP contribution in [0.4, 0.5) is 5.82 Å². The molecule has 1 atom stereocenters. The predicted octanol–water partition coefficient (Wildman–Crippen LogP) is 0.0776. The zero-order chi connectivity index (χ0) is 13.0. The number of aromatic nitrogens is 1. The minimum absolute atomic E-state index is 0.0358. The third kappa shape index (κ3) is 2.77. The van der Waals surface area contributed by atoms with Gasteiger partial charge in [0.05, 0.1) is 11.7 Å². The number of anilines is 1. The first-order valence-corrected chi connectivity index (χ1v) is 6.13. The van der Waals surface area contributed by atoms with Crippen molar-refractivity contribution in [3.8, 4) is 0 Å². The number of hydrogen-bond donors (Lipinski definition) is 3. The second-order valence-corrected chi connectivity index (χ2v) is 4.40. The van der Waals surface area contributed by atoms with Crippen molar-refractivity contribution in [1.29, 1.82) is 0 Å². The molecule has 0 radical (unpaired) electrons. The van der Waals surface area contributed by atoms with E-state index in [1.807, 2.05) is 18.2 Å². The standard InChI is InChI=1S/C12H19N5O/c1-14-12(18)10-5-3-7-17(10)8-9-4-2-6-11(15-9)16-13/h2,4,6,10H,3,5,7-8,13H2,1H3,(H,14,18)(H,15,16). The lowest BCUT2D eigenvalue weighted by atomic mass is 10.2.